The Morgan fingerprint density at radius 2 is 2.12 bits per heavy atom. The highest BCUT2D eigenvalue weighted by Crippen LogP contribution is 2.37. The Morgan fingerprint density at radius 3 is 2.69 bits per heavy atom. The van der Waals surface area contributed by atoms with Gasteiger partial charge in [0.2, 0.25) is 10.0 Å². The van der Waals surface area contributed by atoms with Gasteiger partial charge < -0.3 is 9.64 Å². The fourth-order valence-electron chi connectivity index (χ4n) is 3.87. The topological polar surface area (TPSA) is 93.5 Å². The van der Waals surface area contributed by atoms with E-state index in [0.717, 1.165) is 31.4 Å². The number of sulfonamides is 1. The maximum absolute atomic E-state index is 12.6. The van der Waals surface area contributed by atoms with E-state index in [9.17, 15) is 13.2 Å². The van der Waals surface area contributed by atoms with Crippen LogP contribution in [0.2, 0.25) is 0 Å². The lowest BCUT2D eigenvalue weighted by Gasteiger charge is -2.46. The molecule has 1 spiro atoms. The molecular weight excluding hydrogens is 356 g/mol. The number of nitrogens with one attached hydrogen (secondary N) is 1. The summed E-state index contributed by atoms with van der Waals surface area (Å²) < 4.78 is 33.1. The van der Waals surface area contributed by atoms with Gasteiger partial charge in [-0.25, -0.2) is 13.1 Å². The van der Waals surface area contributed by atoms with E-state index in [1.807, 2.05) is 24.9 Å². The quantitative estimate of drug-likeness (QED) is 0.824. The molecule has 0 bridgehead atoms. The summed E-state index contributed by atoms with van der Waals surface area (Å²) in [5.74, 6) is 0.244. The fourth-order valence-corrected chi connectivity index (χ4v) is 4.40. The van der Waals surface area contributed by atoms with Crippen LogP contribution in [0, 0.1) is 12.8 Å². The molecule has 3 heterocycles. The monoisotopic (exact) mass is 384 g/mol. The van der Waals surface area contributed by atoms with Crippen molar-refractivity contribution in [3.63, 3.8) is 0 Å². The highest BCUT2D eigenvalue weighted by Gasteiger charge is 2.41. The van der Waals surface area contributed by atoms with Crippen LogP contribution in [-0.2, 0) is 21.8 Å². The number of carbonyl (C=O) groups is 1. The fraction of sp³-hybridized carbons (Fsp3) is 0.765. The second-order valence-corrected chi connectivity index (χ2v) is 9.43. The zero-order valence-corrected chi connectivity index (χ0v) is 16.5. The molecule has 1 aromatic rings. The van der Waals surface area contributed by atoms with Gasteiger partial charge in [-0.1, -0.05) is 0 Å². The standard InChI is InChI=1S/C17H28N4O4S/c1-13-10-15(19-20(13)2)16(22)21-7-5-17(6-8-21)11-14(4-9-25-17)12-18-26(3,23)24/h10,14,18H,4-9,11-12H2,1-3H3. The van der Waals surface area contributed by atoms with Crippen LogP contribution in [0.1, 0.15) is 41.9 Å². The van der Waals surface area contributed by atoms with Crippen LogP contribution in [0.15, 0.2) is 6.07 Å². The van der Waals surface area contributed by atoms with Crippen molar-refractivity contribution in [2.24, 2.45) is 13.0 Å². The average molecular weight is 385 g/mol. The van der Waals surface area contributed by atoms with E-state index >= 15 is 0 Å². The summed E-state index contributed by atoms with van der Waals surface area (Å²) in [6.07, 6.45) is 4.44. The number of nitrogens with zero attached hydrogens (tertiary/aromatic N) is 3. The number of hydrogen-bond donors (Lipinski definition) is 1. The molecule has 26 heavy (non-hydrogen) atoms. The Labute approximate surface area is 154 Å². The van der Waals surface area contributed by atoms with Crippen LogP contribution >= 0.6 is 0 Å². The average Bonchev–Trinajstić information content (AvgIpc) is 2.92. The maximum Gasteiger partial charge on any atom is 0.274 e. The number of aryl methyl sites for hydroxylation is 2. The van der Waals surface area contributed by atoms with Gasteiger partial charge in [0.1, 0.15) is 0 Å². The van der Waals surface area contributed by atoms with Gasteiger partial charge in [0.05, 0.1) is 11.9 Å². The predicted molar refractivity (Wildman–Crippen MR) is 97.3 cm³/mol. The number of carbonyl (C=O) groups excluding carboxylic acids is 1. The highest BCUT2D eigenvalue weighted by molar-refractivity contribution is 7.88. The second-order valence-electron chi connectivity index (χ2n) is 7.60. The minimum Gasteiger partial charge on any atom is -0.375 e. The molecule has 0 aromatic carbocycles. The van der Waals surface area contributed by atoms with Gasteiger partial charge in [-0.05, 0) is 44.6 Å². The SMILES string of the molecule is Cc1cc(C(=O)N2CCC3(CC2)CC(CNS(C)(=O)=O)CCO3)nn1C. The van der Waals surface area contributed by atoms with Crippen molar-refractivity contribution < 1.29 is 17.9 Å². The Kier molecular flexibility index (Phi) is 5.41. The van der Waals surface area contributed by atoms with Crippen molar-refractivity contribution in [1.82, 2.24) is 19.4 Å². The first-order chi connectivity index (χ1) is 12.2. The Balaban J connectivity index is 1.57. The normalized spacial score (nSPS) is 23.3. The third-order valence-electron chi connectivity index (χ3n) is 5.52. The first-order valence-electron chi connectivity index (χ1n) is 9.06. The predicted octanol–water partition coefficient (Wildman–Crippen LogP) is 0.679. The van der Waals surface area contributed by atoms with Crippen LogP contribution < -0.4 is 4.72 Å². The molecule has 9 heteroatoms. The molecule has 2 aliphatic rings. The van der Waals surface area contributed by atoms with E-state index in [1.54, 1.807) is 4.68 Å². The third-order valence-corrected chi connectivity index (χ3v) is 6.22. The zero-order valence-electron chi connectivity index (χ0n) is 15.7. The van der Waals surface area contributed by atoms with Gasteiger partial charge in [0.25, 0.3) is 5.91 Å². The molecular formula is C17H28N4O4S. The van der Waals surface area contributed by atoms with E-state index in [0.29, 0.717) is 31.9 Å². The Hall–Kier alpha value is -1.45. The largest absolute Gasteiger partial charge is 0.375 e. The number of piperidine rings is 1. The number of hydrogen-bond acceptors (Lipinski definition) is 5. The Bertz CT molecular complexity index is 746. The molecule has 146 valence electrons. The lowest BCUT2D eigenvalue weighted by molar-refractivity contribution is -0.122. The smallest absolute Gasteiger partial charge is 0.274 e. The lowest BCUT2D eigenvalue weighted by Crippen LogP contribution is -2.51. The van der Waals surface area contributed by atoms with Crippen LogP contribution in [0.25, 0.3) is 0 Å². The third kappa shape index (κ3) is 4.44. The number of ether oxygens (including phenoxy) is 1. The van der Waals surface area contributed by atoms with E-state index in [4.69, 9.17) is 4.74 Å². The summed E-state index contributed by atoms with van der Waals surface area (Å²) in [5, 5.41) is 4.28. The van der Waals surface area contributed by atoms with Crippen molar-refractivity contribution in [2.45, 2.75) is 38.2 Å². The molecule has 1 amide bonds. The minimum absolute atomic E-state index is 0.0327. The van der Waals surface area contributed by atoms with Crippen molar-refractivity contribution in [1.29, 1.82) is 0 Å². The van der Waals surface area contributed by atoms with E-state index in [2.05, 4.69) is 9.82 Å². The summed E-state index contributed by atoms with van der Waals surface area (Å²) in [5.41, 5.74) is 1.21. The first-order valence-corrected chi connectivity index (χ1v) is 11.0. The van der Waals surface area contributed by atoms with Gasteiger partial charge in [-0.15, -0.1) is 0 Å². The van der Waals surface area contributed by atoms with Crippen molar-refractivity contribution in [3.8, 4) is 0 Å². The summed E-state index contributed by atoms with van der Waals surface area (Å²) in [4.78, 5) is 14.5. The lowest BCUT2D eigenvalue weighted by atomic mass is 9.79. The van der Waals surface area contributed by atoms with Gasteiger partial charge in [0, 0.05) is 39.0 Å². The van der Waals surface area contributed by atoms with Gasteiger partial charge in [-0.3, -0.25) is 9.48 Å². The van der Waals surface area contributed by atoms with Crippen molar-refractivity contribution in [2.75, 3.05) is 32.5 Å². The Morgan fingerprint density at radius 1 is 1.42 bits per heavy atom. The molecule has 0 saturated carbocycles. The van der Waals surface area contributed by atoms with Crippen LogP contribution in [0.3, 0.4) is 0 Å². The number of amides is 1. The molecule has 2 fully saturated rings. The molecule has 0 aliphatic carbocycles. The number of likely N-dealkylation sites (tertiary alicyclic amines) is 1. The number of aromatic nitrogens is 2. The van der Waals surface area contributed by atoms with Crippen LogP contribution in [-0.4, -0.2) is 67.1 Å². The molecule has 8 nitrogen and oxygen atoms in total. The van der Waals surface area contributed by atoms with Gasteiger partial charge in [-0.2, -0.15) is 5.10 Å². The molecule has 1 atom stereocenters. The molecule has 0 radical (unpaired) electrons. The second kappa shape index (κ2) is 7.28. The first kappa shape index (κ1) is 19.3. The molecule has 2 saturated heterocycles. The van der Waals surface area contributed by atoms with E-state index in [1.165, 1.54) is 6.26 Å². The minimum atomic E-state index is -3.17. The molecule has 2 aliphatic heterocycles. The summed E-state index contributed by atoms with van der Waals surface area (Å²) in [7, 11) is -1.34. The van der Waals surface area contributed by atoms with Crippen LogP contribution in [0.4, 0.5) is 0 Å². The molecule has 1 aromatic heterocycles. The maximum atomic E-state index is 12.6. The van der Waals surface area contributed by atoms with Crippen molar-refractivity contribution >= 4 is 15.9 Å². The summed E-state index contributed by atoms with van der Waals surface area (Å²) in [6.45, 7) is 4.31. The van der Waals surface area contributed by atoms with E-state index < -0.39 is 10.0 Å². The number of rotatable bonds is 4. The van der Waals surface area contributed by atoms with Gasteiger partial charge >= 0.3 is 0 Å². The van der Waals surface area contributed by atoms with Gasteiger partial charge in [0.15, 0.2) is 5.69 Å². The molecule has 3 rings (SSSR count). The summed E-state index contributed by atoms with van der Waals surface area (Å²) in [6, 6.07) is 1.82. The van der Waals surface area contributed by atoms with Crippen molar-refractivity contribution in [3.05, 3.63) is 17.5 Å². The van der Waals surface area contributed by atoms with Crippen LogP contribution in [0.5, 0.6) is 0 Å². The highest BCUT2D eigenvalue weighted by atomic mass is 32.2. The van der Waals surface area contributed by atoms with E-state index in [-0.39, 0.29) is 17.4 Å². The molecule has 1 unspecified atom stereocenters. The molecule has 1 N–H and O–H groups in total. The zero-order chi connectivity index (χ0) is 18.9. The summed E-state index contributed by atoms with van der Waals surface area (Å²) >= 11 is 0.